The van der Waals surface area contributed by atoms with Crippen LogP contribution in [0.25, 0.3) is 11.3 Å². The Morgan fingerprint density at radius 3 is 2.27 bits per heavy atom. The number of aromatic nitrogens is 3. The van der Waals surface area contributed by atoms with E-state index in [1.54, 1.807) is 30.6 Å². The Balaban J connectivity index is 1.53. The number of rotatable bonds is 3. The average Bonchev–Trinajstić information content (AvgIpc) is 3.32. The fourth-order valence-corrected chi connectivity index (χ4v) is 3.89. The minimum Gasteiger partial charge on any atom is -0.444 e. The van der Waals surface area contributed by atoms with Gasteiger partial charge in [0.1, 0.15) is 17.0 Å². The lowest BCUT2D eigenvalue weighted by atomic mass is 10.0. The lowest BCUT2D eigenvalue weighted by Gasteiger charge is -2.41. The number of carbonyl (C=O) groups excluding carboxylic acids is 2. The summed E-state index contributed by atoms with van der Waals surface area (Å²) in [6.45, 7) is 6.07. The van der Waals surface area contributed by atoms with E-state index in [1.165, 1.54) is 18.3 Å². The molecule has 9 nitrogen and oxygen atoms in total. The monoisotopic (exact) mass is 517 g/mol. The molecular weight excluding hydrogens is 491 g/mol. The van der Waals surface area contributed by atoms with Crippen LogP contribution in [0.15, 0.2) is 60.8 Å². The number of piperazine rings is 1. The maximum absolute atomic E-state index is 13.4. The smallest absolute Gasteiger partial charge is 0.444 e. The molecule has 0 N–H and O–H groups in total. The van der Waals surface area contributed by atoms with Gasteiger partial charge in [-0.1, -0.05) is 35.1 Å². The number of ether oxygens (including phenoxy) is 2. The van der Waals surface area contributed by atoms with Crippen LogP contribution in [0.5, 0.6) is 5.75 Å². The number of nitrogens with zero attached hydrogens (tertiary/aromatic N) is 5. The Labute approximate surface area is 211 Å². The summed E-state index contributed by atoms with van der Waals surface area (Å²) in [5.41, 5.74) is 0.939. The molecule has 37 heavy (non-hydrogen) atoms. The van der Waals surface area contributed by atoms with Gasteiger partial charge in [0.15, 0.2) is 0 Å². The number of alkyl halides is 3. The zero-order valence-electron chi connectivity index (χ0n) is 20.5. The minimum atomic E-state index is -4.79. The minimum absolute atomic E-state index is 0.220. The Morgan fingerprint density at radius 2 is 1.65 bits per heavy atom. The molecule has 0 saturated carbocycles. The highest BCUT2D eigenvalue weighted by atomic mass is 19.4. The molecule has 3 aromatic rings. The van der Waals surface area contributed by atoms with Crippen molar-refractivity contribution in [3.63, 3.8) is 0 Å². The van der Waals surface area contributed by atoms with Gasteiger partial charge >= 0.3 is 18.5 Å². The SMILES string of the molecule is CC(C)(C)OC(=O)N1CCN(C(=O)n2ncc(-c3ccc(OC(F)(F)F)cc3)n2)C(c2ccccc2)C1. The van der Waals surface area contributed by atoms with E-state index in [9.17, 15) is 22.8 Å². The van der Waals surface area contributed by atoms with Crippen molar-refractivity contribution in [2.75, 3.05) is 19.6 Å². The molecule has 2 aromatic carbocycles. The molecule has 196 valence electrons. The number of halogens is 3. The molecule has 0 aliphatic carbocycles. The van der Waals surface area contributed by atoms with Crippen molar-refractivity contribution in [1.82, 2.24) is 24.8 Å². The summed E-state index contributed by atoms with van der Waals surface area (Å²) in [5, 5.41) is 8.31. The van der Waals surface area contributed by atoms with Crippen molar-refractivity contribution in [1.29, 1.82) is 0 Å². The van der Waals surface area contributed by atoms with Crippen LogP contribution >= 0.6 is 0 Å². The Kier molecular flexibility index (Phi) is 7.10. The zero-order valence-corrected chi connectivity index (χ0v) is 20.5. The molecule has 2 heterocycles. The molecule has 1 fully saturated rings. The van der Waals surface area contributed by atoms with Gasteiger partial charge in [-0.05, 0) is 50.6 Å². The molecule has 12 heteroatoms. The molecule has 4 rings (SSSR count). The first-order chi connectivity index (χ1) is 17.4. The van der Waals surface area contributed by atoms with Gasteiger partial charge in [0.2, 0.25) is 0 Å². The van der Waals surface area contributed by atoms with Crippen LogP contribution in [0, 0.1) is 0 Å². The van der Waals surface area contributed by atoms with Gasteiger partial charge in [0.25, 0.3) is 0 Å². The first-order valence-corrected chi connectivity index (χ1v) is 11.5. The Bertz CT molecular complexity index is 1240. The topological polar surface area (TPSA) is 89.8 Å². The highest BCUT2D eigenvalue weighted by Crippen LogP contribution is 2.28. The van der Waals surface area contributed by atoms with Gasteiger partial charge in [-0.15, -0.1) is 18.3 Å². The van der Waals surface area contributed by atoms with E-state index < -0.39 is 30.1 Å². The Morgan fingerprint density at radius 1 is 0.973 bits per heavy atom. The van der Waals surface area contributed by atoms with Crippen LogP contribution in [0.1, 0.15) is 32.4 Å². The predicted octanol–water partition coefficient (Wildman–Crippen LogP) is 5.11. The maximum Gasteiger partial charge on any atom is 0.573 e. The predicted molar refractivity (Wildman–Crippen MR) is 127 cm³/mol. The first kappa shape index (κ1) is 26.0. The summed E-state index contributed by atoms with van der Waals surface area (Å²) in [5.74, 6) is -0.367. The third-order valence-corrected chi connectivity index (χ3v) is 5.51. The molecule has 0 spiro atoms. The summed E-state index contributed by atoms with van der Waals surface area (Å²) in [6.07, 6.45) is -3.90. The fraction of sp³-hybridized carbons (Fsp3) is 0.360. The number of benzene rings is 2. The van der Waals surface area contributed by atoms with E-state index in [0.717, 1.165) is 22.5 Å². The second-order valence-electron chi connectivity index (χ2n) is 9.42. The van der Waals surface area contributed by atoms with E-state index in [1.807, 2.05) is 30.3 Å². The van der Waals surface area contributed by atoms with E-state index in [4.69, 9.17) is 4.74 Å². The van der Waals surface area contributed by atoms with Gasteiger partial charge in [-0.25, -0.2) is 9.59 Å². The third-order valence-electron chi connectivity index (χ3n) is 5.51. The van der Waals surface area contributed by atoms with Crippen molar-refractivity contribution in [2.24, 2.45) is 0 Å². The van der Waals surface area contributed by atoms with Crippen LogP contribution < -0.4 is 4.74 Å². The number of hydrogen-bond donors (Lipinski definition) is 0. The van der Waals surface area contributed by atoms with Gasteiger partial charge in [-0.2, -0.15) is 5.10 Å². The molecule has 1 atom stereocenters. The van der Waals surface area contributed by atoms with E-state index in [-0.39, 0.29) is 25.4 Å². The Hall–Kier alpha value is -4.09. The average molecular weight is 518 g/mol. The number of amides is 2. The van der Waals surface area contributed by atoms with Gasteiger partial charge in [-0.3, -0.25) is 0 Å². The molecule has 1 saturated heterocycles. The van der Waals surface area contributed by atoms with Crippen LogP contribution in [0.4, 0.5) is 22.8 Å². The molecule has 0 radical (unpaired) electrons. The summed E-state index contributed by atoms with van der Waals surface area (Å²) in [4.78, 5) is 30.2. The maximum atomic E-state index is 13.4. The van der Waals surface area contributed by atoms with Crippen molar-refractivity contribution in [3.05, 3.63) is 66.4 Å². The largest absolute Gasteiger partial charge is 0.573 e. The van der Waals surface area contributed by atoms with E-state index in [2.05, 4.69) is 14.9 Å². The third kappa shape index (κ3) is 6.57. The molecule has 2 amide bonds. The van der Waals surface area contributed by atoms with E-state index in [0.29, 0.717) is 11.3 Å². The molecule has 0 bridgehead atoms. The summed E-state index contributed by atoms with van der Waals surface area (Å²) in [6, 6.07) is 13.4. The summed E-state index contributed by atoms with van der Waals surface area (Å²) < 4.78 is 46.6. The standard InChI is InChI=1S/C25H26F3N5O4/c1-24(2,3)37-23(35)31-13-14-32(21(16-31)18-7-5-4-6-8-18)22(34)33-29-15-20(30-33)17-9-11-19(12-10-17)36-25(26,27)28/h4-12,15,21H,13-14,16H2,1-3H3. The van der Waals surface area contributed by atoms with Gasteiger partial charge in [0.05, 0.1) is 12.2 Å². The second-order valence-corrected chi connectivity index (χ2v) is 9.42. The lowest BCUT2D eigenvalue weighted by molar-refractivity contribution is -0.274. The second kappa shape index (κ2) is 10.1. The van der Waals surface area contributed by atoms with Gasteiger partial charge in [0, 0.05) is 25.2 Å². The summed E-state index contributed by atoms with van der Waals surface area (Å²) >= 11 is 0. The van der Waals surface area contributed by atoms with Crippen LogP contribution in [-0.4, -0.2) is 68.5 Å². The molecular formula is C25H26F3N5O4. The van der Waals surface area contributed by atoms with Crippen molar-refractivity contribution in [3.8, 4) is 17.0 Å². The lowest BCUT2D eigenvalue weighted by Crippen LogP contribution is -2.54. The quantitative estimate of drug-likeness (QED) is 0.480. The zero-order chi connectivity index (χ0) is 26.8. The first-order valence-electron chi connectivity index (χ1n) is 11.5. The molecule has 1 aliphatic rings. The highest BCUT2D eigenvalue weighted by Gasteiger charge is 2.36. The molecule has 1 unspecified atom stereocenters. The van der Waals surface area contributed by atoms with Crippen LogP contribution in [0.3, 0.4) is 0 Å². The number of carbonyl (C=O) groups is 2. The normalized spacial score (nSPS) is 16.4. The van der Waals surface area contributed by atoms with Crippen LogP contribution in [0.2, 0.25) is 0 Å². The fourth-order valence-electron chi connectivity index (χ4n) is 3.89. The van der Waals surface area contributed by atoms with E-state index >= 15 is 0 Å². The molecule has 1 aliphatic heterocycles. The van der Waals surface area contributed by atoms with Crippen molar-refractivity contribution < 1.29 is 32.2 Å². The molecule has 1 aromatic heterocycles. The number of hydrogen-bond acceptors (Lipinski definition) is 6. The van der Waals surface area contributed by atoms with Crippen molar-refractivity contribution in [2.45, 2.75) is 38.8 Å². The van der Waals surface area contributed by atoms with Crippen molar-refractivity contribution >= 4 is 12.1 Å². The highest BCUT2D eigenvalue weighted by molar-refractivity contribution is 5.77. The summed E-state index contributed by atoms with van der Waals surface area (Å²) in [7, 11) is 0. The van der Waals surface area contributed by atoms with Crippen LogP contribution in [-0.2, 0) is 4.74 Å². The van der Waals surface area contributed by atoms with Gasteiger partial charge < -0.3 is 19.3 Å².